The van der Waals surface area contributed by atoms with Crippen LogP contribution in [0.2, 0.25) is 0 Å². The van der Waals surface area contributed by atoms with E-state index in [2.05, 4.69) is 21.2 Å². The molecule has 1 heterocycles. The third kappa shape index (κ3) is 8.01. The van der Waals surface area contributed by atoms with Crippen LogP contribution in [-0.4, -0.2) is 47.0 Å². The van der Waals surface area contributed by atoms with Crippen LogP contribution in [-0.2, 0) is 9.53 Å². The summed E-state index contributed by atoms with van der Waals surface area (Å²) in [6.07, 6.45) is 5.07. The van der Waals surface area contributed by atoms with Gasteiger partial charge in [0.15, 0.2) is 0 Å². The number of ether oxygens (including phenoxy) is 1. The third-order valence-corrected chi connectivity index (χ3v) is 4.11. The number of hydrogen-bond donors (Lipinski definition) is 1. The summed E-state index contributed by atoms with van der Waals surface area (Å²) in [7, 11) is 0. The van der Waals surface area contributed by atoms with Crippen molar-refractivity contribution >= 4 is 27.9 Å². The van der Waals surface area contributed by atoms with Crippen molar-refractivity contribution in [3.63, 3.8) is 0 Å². The fourth-order valence-corrected chi connectivity index (χ4v) is 2.79. The topological polar surface area (TPSA) is 58.6 Å². The van der Waals surface area contributed by atoms with E-state index < -0.39 is 5.60 Å². The normalized spacial score (nSPS) is 16.5. The summed E-state index contributed by atoms with van der Waals surface area (Å²) in [6, 6.07) is 0.183. The smallest absolute Gasteiger partial charge is 0.410 e. The van der Waals surface area contributed by atoms with Gasteiger partial charge in [-0.2, -0.15) is 0 Å². The molecule has 0 saturated carbocycles. The van der Waals surface area contributed by atoms with Crippen LogP contribution in [0.3, 0.4) is 0 Å². The van der Waals surface area contributed by atoms with Gasteiger partial charge in [-0.3, -0.25) is 4.79 Å². The van der Waals surface area contributed by atoms with Gasteiger partial charge in [0.2, 0.25) is 5.91 Å². The zero-order chi connectivity index (χ0) is 16.6. The number of likely N-dealkylation sites (tertiary alicyclic amines) is 1. The molecule has 1 saturated heterocycles. The molecule has 0 unspecified atom stereocenters. The number of carbonyl (C=O) groups excluding carboxylic acids is 2. The minimum atomic E-state index is -0.461. The Balaban J connectivity index is 2.22. The number of nitrogens with one attached hydrogen (secondary N) is 1. The lowest BCUT2D eigenvalue weighted by molar-refractivity contribution is -0.122. The molecule has 1 fully saturated rings. The molecule has 0 radical (unpaired) electrons. The summed E-state index contributed by atoms with van der Waals surface area (Å²) >= 11 is 3.39. The highest BCUT2D eigenvalue weighted by Gasteiger charge is 2.27. The van der Waals surface area contributed by atoms with Gasteiger partial charge < -0.3 is 15.0 Å². The van der Waals surface area contributed by atoms with Gasteiger partial charge in [0.05, 0.1) is 0 Å². The summed E-state index contributed by atoms with van der Waals surface area (Å²) in [4.78, 5) is 25.5. The highest BCUT2D eigenvalue weighted by Crippen LogP contribution is 2.15. The van der Waals surface area contributed by atoms with E-state index >= 15 is 0 Å². The zero-order valence-electron chi connectivity index (χ0n) is 14.0. The molecule has 0 atom stereocenters. The summed E-state index contributed by atoms with van der Waals surface area (Å²) in [5.74, 6) is 0.130. The van der Waals surface area contributed by atoms with Crippen molar-refractivity contribution in [2.24, 2.45) is 0 Å². The summed E-state index contributed by atoms with van der Waals surface area (Å²) < 4.78 is 5.37. The standard InChI is InChI=1S/C16H29BrN2O3/c1-16(2,3)22-15(21)19-11-8-13(9-12-19)18-14(20)7-5-4-6-10-17/h13H,4-12H2,1-3H3,(H,18,20). The molecule has 1 rings (SSSR count). The Morgan fingerprint density at radius 3 is 2.36 bits per heavy atom. The number of piperidine rings is 1. The van der Waals surface area contributed by atoms with Crippen molar-refractivity contribution in [1.29, 1.82) is 0 Å². The van der Waals surface area contributed by atoms with Crippen LogP contribution in [0.1, 0.15) is 59.3 Å². The number of halogens is 1. The van der Waals surface area contributed by atoms with Crippen LogP contribution < -0.4 is 5.32 Å². The lowest BCUT2D eigenvalue weighted by Crippen LogP contribution is -2.47. The van der Waals surface area contributed by atoms with Crippen LogP contribution in [0.5, 0.6) is 0 Å². The first-order chi connectivity index (χ1) is 10.3. The predicted molar refractivity (Wildman–Crippen MR) is 91.2 cm³/mol. The maximum atomic E-state index is 12.0. The number of rotatable bonds is 6. The van der Waals surface area contributed by atoms with Gasteiger partial charge in [-0.25, -0.2) is 4.79 Å². The van der Waals surface area contributed by atoms with Crippen molar-refractivity contribution in [3.05, 3.63) is 0 Å². The molecule has 0 aliphatic carbocycles. The maximum absolute atomic E-state index is 12.0. The molecular weight excluding hydrogens is 348 g/mol. The number of unbranched alkanes of at least 4 members (excludes halogenated alkanes) is 2. The van der Waals surface area contributed by atoms with Gasteiger partial charge in [0.25, 0.3) is 0 Å². The molecule has 2 amide bonds. The highest BCUT2D eigenvalue weighted by molar-refractivity contribution is 9.09. The summed E-state index contributed by atoms with van der Waals surface area (Å²) in [6.45, 7) is 6.89. The van der Waals surface area contributed by atoms with Gasteiger partial charge in [0.1, 0.15) is 5.60 Å². The van der Waals surface area contributed by atoms with E-state index in [1.807, 2.05) is 20.8 Å². The second kappa shape index (κ2) is 9.38. The molecule has 0 spiro atoms. The fraction of sp³-hybridized carbons (Fsp3) is 0.875. The van der Waals surface area contributed by atoms with Crippen molar-refractivity contribution < 1.29 is 14.3 Å². The molecule has 1 aliphatic heterocycles. The first-order valence-corrected chi connectivity index (χ1v) is 9.27. The average molecular weight is 377 g/mol. The minimum absolute atomic E-state index is 0.130. The SMILES string of the molecule is CC(C)(C)OC(=O)N1CCC(NC(=O)CCCCCBr)CC1. The Labute approximate surface area is 142 Å². The molecule has 0 aromatic carbocycles. The molecule has 128 valence electrons. The zero-order valence-corrected chi connectivity index (χ0v) is 15.6. The van der Waals surface area contributed by atoms with E-state index in [9.17, 15) is 9.59 Å². The number of carbonyl (C=O) groups is 2. The second-order valence-electron chi connectivity index (χ2n) is 6.81. The van der Waals surface area contributed by atoms with Crippen molar-refractivity contribution in [1.82, 2.24) is 10.2 Å². The Hall–Kier alpha value is -0.780. The van der Waals surface area contributed by atoms with E-state index in [0.29, 0.717) is 19.5 Å². The van der Waals surface area contributed by atoms with Crippen molar-refractivity contribution in [2.75, 3.05) is 18.4 Å². The molecule has 0 aromatic rings. The van der Waals surface area contributed by atoms with Gasteiger partial charge >= 0.3 is 6.09 Å². The summed E-state index contributed by atoms with van der Waals surface area (Å²) in [5, 5.41) is 4.07. The van der Waals surface area contributed by atoms with Crippen LogP contribution >= 0.6 is 15.9 Å². The van der Waals surface area contributed by atoms with E-state index in [0.717, 1.165) is 37.4 Å². The van der Waals surface area contributed by atoms with Crippen molar-refractivity contribution in [3.8, 4) is 0 Å². The number of nitrogens with zero attached hydrogens (tertiary/aromatic N) is 1. The largest absolute Gasteiger partial charge is 0.444 e. The Bertz CT molecular complexity index is 361. The molecular formula is C16H29BrN2O3. The monoisotopic (exact) mass is 376 g/mol. The van der Waals surface area contributed by atoms with Crippen molar-refractivity contribution in [2.45, 2.75) is 70.9 Å². The van der Waals surface area contributed by atoms with Crippen LogP contribution in [0.4, 0.5) is 4.79 Å². The maximum Gasteiger partial charge on any atom is 0.410 e. The number of hydrogen-bond acceptors (Lipinski definition) is 3. The van der Waals surface area contributed by atoms with Crippen LogP contribution in [0.25, 0.3) is 0 Å². The minimum Gasteiger partial charge on any atom is -0.444 e. The summed E-state index contributed by atoms with van der Waals surface area (Å²) in [5.41, 5.74) is -0.461. The molecule has 6 heteroatoms. The Morgan fingerprint density at radius 2 is 1.82 bits per heavy atom. The van der Waals surface area contributed by atoms with Gasteiger partial charge in [0, 0.05) is 30.9 Å². The van der Waals surface area contributed by atoms with Gasteiger partial charge in [-0.05, 0) is 46.5 Å². The lowest BCUT2D eigenvalue weighted by Gasteiger charge is -2.33. The third-order valence-electron chi connectivity index (χ3n) is 3.55. The molecule has 5 nitrogen and oxygen atoms in total. The fourth-order valence-electron chi connectivity index (χ4n) is 2.39. The lowest BCUT2D eigenvalue weighted by atomic mass is 10.0. The van der Waals surface area contributed by atoms with Crippen LogP contribution in [0, 0.1) is 0 Å². The first-order valence-electron chi connectivity index (χ1n) is 8.15. The molecule has 1 aliphatic rings. The highest BCUT2D eigenvalue weighted by atomic mass is 79.9. The Morgan fingerprint density at radius 1 is 1.18 bits per heavy atom. The van der Waals surface area contributed by atoms with Gasteiger partial charge in [-0.15, -0.1) is 0 Å². The molecule has 22 heavy (non-hydrogen) atoms. The predicted octanol–water partition coefficient (Wildman–Crippen LogP) is 3.46. The second-order valence-corrected chi connectivity index (χ2v) is 7.60. The van der Waals surface area contributed by atoms with E-state index in [1.165, 1.54) is 0 Å². The van der Waals surface area contributed by atoms with Crippen LogP contribution in [0.15, 0.2) is 0 Å². The number of alkyl halides is 1. The average Bonchev–Trinajstić information content (AvgIpc) is 2.42. The molecule has 1 N–H and O–H groups in total. The van der Waals surface area contributed by atoms with E-state index in [-0.39, 0.29) is 18.0 Å². The molecule has 0 aromatic heterocycles. The van der Waals surface area contributed by atoms with Gasteiger partial charge in [-0.1, -0.05) is 22.4 Å². The molecule has 0 bridgehead atoms. The quantitative estimate of drug-likeness (QED) is 0.570. The first kappa shape index (κ1) is 19.3. The number of amides is 2. The Kier molecular flexibility index (Phi) is 8.21. The van der Waals surface area contributed by atoms with E-state index in [1.54, 1.807) is 4.90 Å². The van der Waals surface area contributed by atoms with E-state index in [4.69, 9.17) is 4.74 Å².